The van der Waals surface area contributed by atoms with Gasteiger partial charge >= 0.3 is 6.03 Å². The van der Waals surface area contributed by atoms with Crippen molar-refractivity contribution in [2.75, 3.05) is 23.3 Å². The van der Waals surface area contributed by atoms with E-state index in [1.54, 1.807) is 28.8 Å². The van der Waals surface area contributed by atoms with Crippen LogP contribution in [0.25, 0.3) is 17.0 Å². The average molecular weight is 434 g/mol. The van der Waals surface area contributed by atoms with E-state index in [2.05, 4.69) is 25.7 Å². The Morgan fingerprint density at radius 2 is 1.81 bits per heavy atom. The first-order valence-corrected chi connectivity index (χ1v) is 10.4. The first kappa shape index (κ1) is 19.3. The van der Waals surface area contributed by atoms with Gasteiger partial charge in [0.2, 0.25) is 0 Å². The molecule has 2 aromatic heterocycles. The lowest BCUT2D eigenvalue weighted by Gasteiger charge is -2.18. The Kier molecular flexibility index (Phi) is 5.13. The van der Waals surface area contributed by atoms with Gasteiger partial charge in [-0.15, -0.1) is 15.3 Å². The van der Waals surface area contributed by atoms with E-state index in [4.69, 9.17) is 16.7 Å². The summed E-state index contributed by atoms with van der Waals surface area (Å²) in [5.41, 5.74) is 2.35. The largest absolute Gasteiger partial charge is 0.353 e. The minimum atomic E-state index is -0.234. The third-order valence-electron chi connectivity index (χ3n) is 5.23. The van der Waals surface area contributed by atoms with Crippen LogP contribution < -0.4 is 15.5 Å². The summed E-state index contributed by atoms with van der Waals surface area (Å²) < 4.78 is 1.76. The van der Waals surface area contributed by atoms with E-state index in [1.165, 1.54) is 0 Å². The first-order chi connectivity index (χ1) is 15.2. The molecule has 0 bridgehead atoms. The molecule has 1 fully saturated rings. The maximum atomic E-state index is 12.3. The highest BCUT2D eigenvalue weighted by atomic mass is 35.5. The summed E-state index contributed by atoms with van der Waals surface area (Å²) in [7, 11) is 0. The molecule has 0 saturated carbocycles. The monoisotopic (exact) mass is 433 g/mol. The number of benzene rings is 2. The van der Waals surface area contributed by atoms with E-state index in [-0.39, 0.29) is 12.1 Å². The molecule has 0 aliphatic carbocycles. The zero-order valence-corrected chi connectivity index (χ0v) is 17.3. The number of nitrogens with one attached hydrogen (secondary N) is 2. The number of carbonyl (C=O) groups excluding carboxylic acids is 1. The summed E-state index contributed by atoms with van der Waals surface area (Å²) in [5.74, 6) is 1.53. The zero-order chi connectivity index (χ0) is 21.2. The maximum absolute atomic E-state index is 12.3. The summed E-state index contributed by atoms with van der Waals surface area (Å²) in [5, 5.41) is 19.8. The van der Waals surface area contributed by atoms with Crippen LogP contribution in [0.2, 0.25) is 5.02 Å². The van der Waals surface area contributed by atoms with Gasteiger partial charge in [0.1, 0.15) is 5.82 Å². The lowest BCUT2D eigenvalue weighted by Crippen LogP contribution is -2.39. The summed E-state index contributed by atoms with van der Waals surface area (Å²) >= 11 is 5.88. The molecule has 1 aliphatic rings. The molecule has 1 unspecified atom stereocenters. The molecule has 3 heterocycles. The number of fused-ring (bicyclic) bond motifs is 1. The highest BCUT2D eigenvalue weighted by Crippen LogP contribution is 2.22. The highest BCUT2D eigenvalue weighted by Gasteiger charge is 2.25. The van der Waals surface area contributed by atoms with Gasteiger partial charge < -0.3 is 15.5 Å². The van der Waals surface area contributed by atoms with Crippen LogP contribution in [0.3, 0.4) is 0 Å². The van der Waals surface area contributed by atoms with Gasteiger partial charge in [-0.3, -0.25) is 0 Å². The number of anilines is 2. The molecule has 8 nitrogen and oxygen atoms in total. The van der Waals surface area contributed by atoms with Gasteiger partial charge in [-0.05, 0) is 42.8 Å². The van der Waals surface area contributed by atoms with Gasteiger partial charge in [0.15, 0.2) is 11.5 Å². The van der Waals surface area contributed by atoms with E-state index in [0.717, 1.165) is 24.3 Å². The molecule has 156 valence electrons. The SMILES string of the molecule is O=C(Nc1ccc(Cl)cc1)NC1CCN(c2ccc3nnc(-c4ccccc4)n3n2)C1. The molecular formula is C22H20ClN7O. The lowest BCUT2D eigenvalue weighted by atomic mass is 10.2. The van der Waals surface area contributed by atoms with Crippen molar-refractivity contribution in [3.8, 4) is 11.4 Å². The molecule has 9 heteroatoms. The van der Waals surface area contributed by atoms with Gasteiger partial charge in [0.05, 0.1) is 0 Å². The molecule has 2 amide bonds. The van der Waals surface area contributed by atoms with Crippen molar-refractivity contribution in [2.24, 2.45) is 0 Å². The summed E-state index contributed by atoms with van der Waals surface area (Å²) in [6.07, 6.45) is 0.835. The second kappa shape index (κ2) is 8.23. The van der Waals surface area contributed by atoms with Crippen molar-refractivity contribution >= 4 is 34.8 Å². The Hall–Kier alpha value is -3.65. The third kappa shape index (κ3) is 4.15. The third-order valence-corrected chi connectivity index (χ3v) is 5.48. The quantitative estimate of drug-likeness (QED) is 0.510. The zero-order valence-electron chi connectivity index (χ0n) is 16.6. The molecule has 1 aliphatic heterocycles. The summed E-state index contributed by atoms with van der Waals surface area (Å²) in [6.45, 7) is 1.47. The van der Waals surface area contributed by atoms with Gasteiger partial charge in [0, 0.05) is 35.4 Å². The summed E-state index contributed by atoms with van der Waals surface area (Å²) in [4.78, 5) is 14.5. The number of carbonyl (C=O) groups is 1. The molecule has 1 atom stereocenters. The van der Waals surface area contributed by atoms with Crippen molar-refractivity contribution in [3.63, 3.8) is 0 Å². The van der Waals surface area contributed by atoms with Crippen molar-refractivity contribution in [1.29, 1.82) is 0 Å². The predicted molar refractivity (Wildman–Crippen MR) is 120 cm³/mol. The topological polar surface area (TPSA) is 87.5 Å². The van der Waals surface area contributed by atoms with Crippen molar-refractivity contribution < 1.29 is 4.79 Å². The number of urea groups is 1. The molecule has 0 spiro atoms. The van der Waals surface area contributed by atoms with E-state index in [1.807, 2.05) is 42.5 Å². The Labute approximate surface area is 183 Å². The van der Waals surface area contributed by atoms with Crippen LogP contribution >= 0.6 is 11.6 Å². The number of hydrogen-bond donors (Lipinski definition) is 2. The Bertz CT molecular complexity index is 1210. The van der Waals surface area contributed by atoms with Crippen LogP contribution in [0.15, 0.2) is 66.7 Å². The molecule has 31 heavy (non-hydrogen) atoms. The van der Waals surface area contributed by atoms with Crippen LogP contribution in [0, 0.1) is 0 Å². The normalized spacial score (nSPS) is 15.9. The van der Waals surface area contributed by atoms with Crippen molar-refractivity contribution in [2.45, 2.75) is 12.5 Å². The van der Waals surface area contributed by atoms with Gasteiger partial charge in [-0.25, -0.2) is 4.79 Å². The van der Waals surface area contributed by atoms with Crippen LogP contribution in [0.4, 0.5) is 16.3 Å². The standard InChI is InChI=1S/C22H20ClN7O/c23-16-6-8-17(9-7-16)24-22(31)25-18-12-13-29(14-18)20-11-10-19-26-27-21(30(19)28-20)15-4-2-1-3-5-15/h1-11,18H,12-14H2,(H2,24,25,31). The van der Waals surface area contributed by atoms with Gasteiger partial charge in [-0.1, -0.05) is 41.9 Å². The minimum Gasteiger partial charge on any atom is -0.353 e. The fourth-order valence-corrected chi connectivity index (χ4v) is 3.81. The van der Waals surface area contributed by atoms with E-state index >= 15 is 0 Å². The minimum absolute atomic E-state index is 0.0271. The molecule has 2 N–H and O–H groups in total. The lowest BCUT2D eigenvalue weighted by molar-refractivity contribution is 0.249. The smallest absolute Gasteiger partial charge is 0.319 e. The predicted octanol–water partition coefficient (Wildman–Crippen LogP) is 3.85. The number of hydrogen-bond acceptors (Lipinski definition) is 5. The molecule has 5 rings (SSSR count). The molecule has 0 radical (unpaired) electrons. The average Bonchev–Trinajstić information content (AvgIpc) is 3.42. The van der Waals surface area contributed by atoms with Crippen LogP contribution in [0.5, 0.6) is 0 Å². The Morgan fingerprint density at radius 3 is 2.61 bits per heavy atom. The molecule has 2 aromatic carbocycles. The van der Waals surface area contributed by atoms with Crippen molar-refractivity contribution in [3.05, 3.63) is 71.8 Å². The number of rotatable bonds is 4. The maximum Gasteiger partial charge on any atom is 0.319 e. The highest BCUT2D eigenvalue weighted by molar-refractivity contribution is 6.30. The molecule has 4 aromatic rings. The molecular weight excluding hydrogens is 414 g/mol. The second-order valence-electron chi connectivity index (χ2n) is 7.39. The number of aromatic nitrogens is 4. The van der Waals surface area contributed by atoms with E-state index in [0.29, 0.717) is 28.7 Å². The second-order valence-corrected chi connectivity index (χ2v) is 7.82. The van der Waals surface area contributed by atoms with Crippen molar-refractivity contribution in [1.82, 2.24) is 25.1 Å². The fourth-order valence-electron chi connectivity index (χ4n) is 3.69. The van der Waals surface area contributed by atoms with E-state index in [9.17, 15) is 4.79 Å². The number of amides is 2. The van der Waals surface area contributed by atoms with Gasteiger partial charge in [0.25, 0.3) is 0 Å². The Morgan fingerprint density at radius 1 is 1.00 bits per heavy atom. The van der Waals surface area contributed by atoms with Crippen LogP contribution in [-0.4, -0.2) is 45.0 Å². The fraction of sp³-hybridized carbons (Fsp3) is 0.182. The number of halogens is 1. The first-order valence-electron chi connectivity index (χ1n) is 10.0. The number of nitrogens with zero attached hydrogens (tertiary/aromatic N) is 5. The Balaban J connectivity index is 1.27. The van der Waals surface area contributed by atoms with Gasteiger partial charge in [-0.2, -0.15) is 4.52 Å². The van der Waals surface area contributed by atoms with E-state index < -0.39 is 0 Å². The van der Waals surface area contributed by atoms with Crippen LogP contribution in [0.1, 0.15) is 6.42 Å². The van der Waals surface area contributed by atoms with Crippen LogP contribution in [-0.2, 0) is 0 Å². The molecule has 1 saturated heterocycles. The summed E-state index contributed by atoms with van der Waals surface area (Å²) in [6, 6.07) is 20.5.